The van der Waals surface area contributed by atoms with E-state index in [1.165, 1.54) is 51.4 Å². The zero-order valence-electron chi connectivity index (χ0n) is 15.0. The Morgan fingerprint density at radius 2 is 1.43 bits per heavy atom. The largest absolute Gasteiger partial charge is 0.466 e. The third-order valence-electron chi connectivity index (χ3n) is 6.11. The van der Waals surface area contributed by atoms with E-state index < -0.39 is 0 Å². The molecule has 0 aromatic rings. The molecule has 0 atom stereocenters. The molecule has 0 spiro atoms. The molecule has 132 valence electrons. The van der Waals surface area contributed by atoms with Crippen molar-refractivity contribution in [1.29, 1.82) is 0 Å². The fourth-order valence-corrected chi connectivity index (χ4v) is 4.77. The Morgan fingerprint density at radius 1 is 0.870 bits per heavy atom. The van der Waals surface area contributed by atoms with Crippen LogP contribution in [0.15, 0.2) is 0 Å². The monoisotopic (exact) mass is 322 g/mol. The van der Waals surface area contributed by atoms with Gasteiger partial charge in [0.25, 0.3) is 0 Å². The van der Waals surface area contributed by atoms with Gasteiger partial charge in [-0.2, -0.15) is 0 Å². The number of esters is 1. The fourth-order valence-electron chi connectivity index (χ4n) is 4.77. The predicted molar refractivity (Wildman–Crippen MR) is 92.1 cm³/mol. The molecule has 2 rings (SSSR count). The van der Waals surface area contributed by atoms with E-state index in [1.807, 2.05) is 0 Å². The Balaban J connectivity index is 1.70. The molecule has 3 nitrogen and oxygen atoms in total. The summed E-state index contributed by atoms with van der Waals surface area (Å²) in [7, 11) is 0. The van der Waals surface area contributed by atoms with Gasteiger partial charge < -0.3 is 4.74 Å². The first kappa shape index (κ1) is 18.5. The van der Waals surface area contributed by atoms with Crippen LogP contribution in [0.5, 0.6) is 0 Å². The van der Waals surface area contributed by atoms with Crippen LogP contribution in [0.4, 0.5) is 0 Å². The second-order valence-electron chi connectivity index (χ2n) is 7.63. The van der Waals surface area contributed by atoms with Crippen molar-refractivity contribution in [3.63, 3.8) is 0 Å². The molecular weight excluding hydrogens is 288 g/mol. The van der Waals surface area contributed by atoms with Crippen LogP contribution in [0, 0.1) is 23.7 Å². The van der Waals surface area contributed by atoms with E-state index in [0.717, 1.165) is 30.6 Å². The highest BCUT2D eigenvalue weighted by Crippen LogP contribution is 2.42. The minimum atomic E-state index is -0.353. The van der Waals surface area contributed by atoms with Crippen molar-refractivity contribution in [1.82, 2.24) is 0 Å². The predicted octanol–water partition coefficient (Wildman–Crippen LogP) is 4.92. The molecule has 0 radical (unpaired) electrons. The lowest BCUT2D eigenvalue weighted by atomic mass is 9.68. The molecule has 2 fully saturated rings. The summed E-state index contributed by atoms with van der Waals surface area (Å²) in [6, 6.07) is 0. The highest BCUT2D eigenvalue weighted by Gasteiger charge is 2.33. The molecule has 0 bridgehead atoms. The minimum absolute atomic E-state index is 0.0225. The van der Waals surface area contributed by atoms with E-state index in [-0.39, 0.29) is 24.1 Å². The Kier molecular flexibility index (Phi) is 7.58. The molecule has 0 aromatic carbocycles. The van der Waals surface area contributed by atoms with E-state index in [1.54, 1.807) is 6.92 Å². The summed E-state index contributed by atoms with van der Waals surface area (Å²) in [5, 5.41) is 0. The van der Waals surface area contributed by atoms with Crippen LogP contribution in [0.25, 0.3) is 0 Å². The zero-order valence-corrected chi connectivity index (χ0v) is 15.0. The maximum atomic E-state index is 12.2. The lowest BCUT2D eigenvalue weighted by molar-refractivity contribution is -0.146. The van der Waals surface area contributed by atoms with Crippen LogP contribution in [-0.2, 0) is 14.3 Å². The molecule has 0 heterocycles. The number of ketones is 1. The summed E-state index contributed by atoms with van der Waals surface area (Å²) in [5.74, 6) is 2.54. The molecule has 0 N–H and O–H groups in total. The summed E-state index contributed by atoms with van der Waals surface area (Å²) in [5.41, 5.74) is 0. The Morgan fingerprint density at radius 3 is 1.96 bits per heavy atom. The molecule has 0 unspecified atom stereocenters. The minimum Gasteiger partial charge on any atom is -0.466 e. The van der Waals surface area contributed by atoms with Crippen LogP contribution in [0.2, 0.25) is 0 Å². The van der Waals surface area contributed by atoms with Gasteiger partial charge in [0.05, 0.1) is 6.61 Å². The Bertz CT molecular complexity index is 374. The van der Waals surface area contributed by atoms with Gasteiger partial charge in [0.15, 0.2) is 0 Å². The van der Waals surface area contributed by atoms with Crippen molar-refractivity contribution in [3.05, 3.63) is 0 Å². The fraction of sp³-hybridized carbons (Fsp3) is 0.900. The van der Waals surface area contributed by atoms with Crippen LogP contribution in [-0.4, -0.2) is 18.4 Å². The Hall–Kier alpha value is -0.860. The average molecular weight is 322 g/mol. The van der Waals surface area contributed by atoms with Gasteiger partial charge in [-0.15, -0.1) is 0 Å². The first-order chi connectivity index (χ1) is 11.1. The van der Waals surface area contributed by atoms with Crippen LogP contribution >= 0.6 is 0 Å². The van der Waals surface area contributed by atoms with Gasteiger partial charge in [0, 0.05) is 5.92 Å². The van der Waals surface area contributed by atoms with Gasteiger partial charge in [0.1, 0.15) is 12.2 Å². The third kappa shape index (κ3) is 5.61. The maximum Gasteiger partial charge on any atom is 0.313 e. The van der Waals surface area contributed by atoms with Crippen LogP contribution < -0.4 is 0 Å². The van der Waals surface area contributed by atoms with Gasteiger partial charge in [-0.25, -0.2) is 0 Å². The second-order valence-corrected chi connectivity index (χ2v) is 7.63. The highest BCUT2D eigenvalue weighted by molar-refractivity contribution is 5.96. The van der Waals surface area contributed by atoms with E-state index in [9.17, 15) is 9.59 Å². The summed E-state index contributed by atoms with van der Waals surface area (Å²) in [6.45, 7) is 4.43. The maximum absolute atomic E-state index is 12.2. The first-order valence-corrected chi connectivity index (χ1v) is 9.82. The second kappa shape index (κ2) is 9.44. The number of Topliss-reactive ketones (excluding diaryl/α,β-unsaturated/α-hetero) is 1. The molecule has 0 aromatic heterocycles. The number of ether oxygens (including phenoxy) is 1. The molecule has 2 saturated carbocycles. The summed E-state index contributed by atoms with van der Waals surface area (Å²) >= 11 is 0. The summed E-state index contributed by atoms with van der Waals surface area (Å²) in [4.78, 5) is 23.6. The van der Waals surface area contributed by atoms with Gasteiger partial charge in [-0.3, -0.25) is 9.59 Å². The SMILES string of the molecule is CCCC1CCC(C2CCC(C(=O)CC(=O)OCC)CC2)CC1. The molecule has 0 aliphatic heterocycles. The lowest BCUT2D eigenvalue weighted by Crippen LogP contribution is -2.29. The van der Waals surface area contributed by atoms with Crippen molar-refractivity contribution in [3.8, 4) is 0 Å². The Labute approximate surface area is 141 Å². The number of carbonyl (C=O) groups excluding carboxylic acids is 2. The highest BCUT2D eigenvalue weighted by atomic mass is 16.5. The lowest BCUT2D eigenvalue weighted by Gasteiger charge is -2.37. The van der Waals surface area contributed by atoms with E-state index in [2.05, 4.69) is 6.92 Å². The molecule has 2 aliphatic carbocycles. The van der Waals surface area contributed by atoms with Crippen molar-refractivity contribution >= 4 is 11.8 Å². The van der Waals surface area contributed by atoms with Gasteiger partial charge in [0.2, 0.25) is 0 Å². The summed E-state index contributed by atoms with van der Waals surface area (Å²) in [6.07, 6.45) is 12.7. The van der Waals surface area contributed by atoms with Crippen LogP contribution in [0.3, 0.4) is 0 Å². The van der Waals surface area contributed by atoms with Crippen molar-refractivity contribution < 1.29 is 14.3 Å². The van der Waals surface area contributed by atoms with E-state index in [4.69, 9.17) is 4.74 Å². The molecule has 0 amide bonds. The molecule has 0 saturated heterocycles. The van der Waals surface area contributed by atoms with Gasteiger partial charge in [-0.05, 0) is 63.2 Å². The topological polar surface area (TPSA) is 43.4 Å². The molecule has 3 heteroatoms. The number of hydrogen-bond acceptors (Lipinski definition) is 3. The van der Waals surface area contributed by atoms with Crippen molar-refractivity contribution in [2.24, 2.45) is 23.7 Å². The van der Waals surface area contributed by atoms with E-state index >= 15 is 0 Å². The number of carbonyl (C=O) groups is 2. The van der Waals surface area contributed by atoms with Gasteiger partial charge >= 0.3 is 5.97 Å². The normalized spacial score (nSPS) is 31.6. The van der Waals surface area contributed by atoms with Crippen molar-refractivity contribution in [2.75, 3.05) is 6.61 Å². The van der Waals surface area contributed by atoms with Gasteiger partial charge in [-0.1, -0.05) is 32.6 Å². The smallest absolute Gasteiger partial charge is 0.313 e. The standard InChI is InChI=1S/C20H34O3/c1-3-5-15-6-8-16(9-7-15)17-10-12-18(13-11-17)19(21)14-20(22)23-4-2/h15-18H,3-14H2,1-2H3. The number of hydrogen-bond donors (Lipinski definition) is 0. The molecule has 23 heavy (non-hydrogen) atoms. The van der Waals surface area contributed by atoms with Crippen molar-refractivity contribution in [2.45, 2.75) is 84.5 Å². The van der Waals surface area contributed by atoms with Crippen LogP contribution in [0.1, 0.15) is 84.5 Å². The third-order valence-corrected chi connectivity index (χ3v) is 6.11. The van der Waals surface area contributed by atoms with E-state index in [0.29, 0.717) is 6.61 Å². The summed E-state index contributed by atoms with van der Waals surface area (Å²) < 4.78 is 4.89. The molecule has 2 aliphatic rings. The zero-order chi connectivity index (χ0) is 16.7. The first-order valence-electron chi connectivity index (χ1n) is 9.82. The quantitative estimate of drug-likeness (QED) is 0.493. The molecular formula is C20H34O3. The average Bonchev–Trinajstić information content (AvgIpc) is 2.56. The number of rotatable bonds is 7.